The molecule has 3 heterocycles. The Morgan fingerprint density at radius 1 is 0.255 bits per heavy atom. The quantitative estimate of drug-likeness (QED) is 0.164. The predicted molar refractivity (Wildman–Crippen MR) is 229 cm³/mol. The van der Waals surface area contributed by atoms with Gasteiger partial charge >= 0.3 is 0 Å². The molecule has 4 nitrogen and oxygen atoms in total. The van der Waals surface area contributed by atoms with E-state index in [1.807, 2.05) is 48.5 Å². The Morgan fingerprint density at radius 2 is 0.618 bits per heavy atom. The number of nitrogens with zero attached hydrogens (tertiary/aromatic N) is 4. The van der Waals surface area contributed by atoms with Crippen LogP contribution in [0.15, 0.2) is 194 Å². The van der Waals surface area contributed by atoms with E-state index in [9.17, 15) is 0 Å². The fourth-order valence-electron chi connectivity index (χ4n) is 7.09. The van der Waals surface area contributed by atoms with Gasteiger partial charge in [-0.25, -0.2) is 19.9 Å². The number of benzene rings is 7. The largest absolute Gasteiger partial charge is 0.228 e. The second-order valence-electron chi connectivity index (χ2n) is 13.5. The summed E-state index contributed by atoms with van der Waals surface area (Å²) < 4.78 is 2.38. The van der Waals surface area contributed by atoms with Crippen molar-refractivity contribution >= 4 is 31.5 Å². The summed E-state index contributed by atoms with van der Waals surface area (Å²) >= 11 is 1.78. The van der Waals surface area contributed by atoms with Crippen LogP contribution in [0, 0.1) is 0 Å². The van der Waals surface area contributed by atoms with Crippen LogP contribution in [-0.4, -0.2) is 19.9 Å². The molecule has 10 rings (SSSR count). The van der Waals surface area contributed by atoms with Crippen molar-refractivity contribution in [2.75, 3.05) is 0 Å². The van der Waals surface area contributed by atoms with E-state index >= 15 is 0 Å². The highest BCUT2D eigenvalue weighted by Gasteiger charge is 2.16. The highest BCUT2D eigenvalue weighted by Crippen LogP contribution is 2.39. The van der Waals surface area contributed by atoms with Crippen LogP contribution in [0.25, 0.3) is 99.1 Å². The van der Waals surface area contributed by atoms with E-state index in [1.54, 1.807) is 11.3 Å². The first-order valence-electron chi connectivity index (χ1n) is 18.3. The molecular weight excluding hydrogens is 689 g/mol. The van der Waals surface area contributed by atoms with Crippen molar-refractivity contribution < 1.29 is 0 Å². The summed E-state index contributed by atoms with van der Waals surface area (Å²) in [5.41, 5.74) is 12.1. The van der Waals surface area contributed by atoms with Gasteiger partial charge in [0.05, 0.1) is 22.8 Å². The molecule has 0 aliphatic heterocycles. The molecule has 0 atom stereocenters. The van der Waals surface area contributed by atoms with Crippen molar-refractivity contribution in [1.29, 1.82) is 0 Å². The maximum absolute atomic E-state index is 5.17. The standard InChI is InChI=1S/C50H32N4S/c1-5-13-33(14-6-1)34-21-23-38(24-22-34)46-32-45(37-19-11-4-12-20-37)51-49(54-46)39-26-28-47-42(29-39)41-27-25-40(30-48(41)55-47)50-52-43(35-15-7-2-8-16-35)31-44(53-50)36-17-9-3-10-18-36/h1-32H. The van der Waals surface area contributed by atoms with E-state index in [4.69, 9.17) is 19.9 Å². The van der Waals surface area contributed by atoms with Gasteiger partial charge in [0.1, 0.15) is 0 Å². The number of rotatable bonds is 7. The van der Waals surface area contributed by atoms with Gasteiger partial charge in [0.25, 0.3) is 0 Å². The van der Waals surface area contributed by atoms with Gasteiger partial charge in [-0.3, -0.25) is 0 Å². The van der Waals surface area contributed by atoms with Crippen LogP contribution < -0.4 is 0 Å². The molecule has 0 spiro atoms. The molecule has 0 aliphatic carbocycles. The third-order valence-electron chi connectivity index (χ3n) is 9.94. The molecule has 0 radical (unpaired) electrons. The molecule has 0 aliphatic rings. The Labute approximate surface area is 323 Å². The normalized spacial score (nSPS) is 11.3. The first-order valence-corrected chi connectivity index (χ1v) is 19.1. The number of fused-ring (bicyclic) bond motifs is 3. The Hall–Kier alpha value is -7.08. The van der Waals surface area contributed by atoms with Crippen molar-refractivity contribution in [1.82, 2.24) is 19.9 Å². The zero-order valence-corrected chi connectivity index (χ0v) is 30.5. The first kappa shape index (κ1) is 32.6. The number of thiophene rings is 1. The summed E-state index contributed by atoms with van der Waals surface area (Å²) in [4.78, 5) is 20.5. The zero-order valence-electron chi connectivity index (χ0n) is 29.7. The highest BCUT2D eigenvalue weighted by molar-refractivity contribution is 7.25. The van der Waals surface area contributed by atoms with Gasteiger partial charge in [0.15, 0.2) is 11.6 Å². The molecule has 10 aromatic rings. The van der Waals surface area contributed by atoms with Gasteiger partial charge in [0.2, 0.25) is 0 Å². The van der Waals surface area contributed by atoms with Gasteiger partial charge in [-0.15, -0.1) is 11.3 Å². The van der Waals surface area contributed by atoms with Crippen LogP contribution in [0.1, 0.15) is 0 Å². The van der Waals surface area contributed by atoms with E-state index in [2.05, 4.69) is 146 Å². The fraction of sp³-hybridized carbons (Fsp3) is 0. The van der Waals surface area contributed by atoms with E-state index in [-0.39, 0.29) is 0 Å². The summed E-state index contributed by atoms with van der Waals surface area (Å²) in [6.07, 6.45) is 0. The number of hydrogen-bond acceptors (Lipinski definition) is 5. The van der Waals surface area contributed by atoms with Crippen LogP contribution in [-0.2, 0) is 0 Å². The van der Waals surface area contributed by atoms with Crippen LogP contribution in [0.5, 0.6) is 0 Å². The van der Waals surface area contributed by atoms with Crippen LogP contribution in [0.2, 0.25) is 0 Å². The topological polar surface area (TPSA) is 51.6 Å². The molecule has 0 saturated carbocycles. The molecule has 0 fully saturated rings. The van der Waals surface area contributed by atoms with Crippen molar-refractivity contribution in [2.24, 2.45) is 0 Å². The Kier molecular flexibility index (Phi) is 8.32. The fourth-order valence-corrected chi connectivity index (χ4v) is 8.22. The molecule has 5 heteroatoms. The van der Waals surface area contributed by atoms with E-state index in [1.165, 1.54) is 31.3 Å². The summed E-state index contributed by atoms with van der Waals surface area (Å²) in [5.74, 6) is 1.40. The van der Waals surface area contributed by atoms with Gasteiger partial charge in [0, 0.05) is 53.6 Å². The molecule has 0 amide bonds. The summed E-state index contributed by atoms with van der Waals surface area (Å²) in [6, 6.07) is 67.3. The lowest BCUT2D eigenvalue weighted by atomic mass is 10.0. The molecule has 7 aromatic carbocycles. The van der Waals surface area contributed by atoms with Crippen molar-refractivity contribution in [3.8, 4) is 78.9 Å². The Balaban J connectivity index is 1.05. The average molecular weight is 721 g/mol. The second kappa shape index (κ2) is 14.0. The van der Waals surface area contributed by atoms with Crippen LogP contribution in [0.3, 0.4) is 0 Å². The van der Waals surface area contributed by atoms with Crippen LogP contribution in [0.4, 0.5) is 0 Å². The maximum atomic E-state index is 5.17. The molecule has 55 heavy (non-hydrogen) atoms. The lowest BCUT2D eigenvalue weighted by Gasteiger charge is -2.10. The van der Waals surface area contributed by atoms with Crippen molar-refractivity contribution in [3.05, 3.63) is 194 Å². The van der Waals surface area contributed by atoms with E-state index in [0.717, 1.165) is 56.2 Å². The molecule has 0 N–H and O–H groups in total. The lowest BCUT2D eigenvalue weighted by Crippen LogP contribution is -1.96. The Bertz CT molecular complexity index is 2890. The zero-order chi connectivity index (χ0) is 36.6. The van der Waals surface area contributed by atoms with Gasteiger partial charge in [-0.05, 0) is 47.5 Å². The second-order valence-corrected chi connectivity index (χ2v) is 14.6. The van der Waals surface area contributed by atoms with Gasteiger partial charge in [-0.2, -0.15) is 0 Å². The minimum atomic E-state index is 0.695. The van der Waals surface area contributed by atoms with Crippen LogP contribution >= 0.6 is 11.3 Å². The maximum Gasteiger partial charge on any atom is 0.160 e. The molecular formula is C50H32N4S. The number of aromatic nitrogens is 4. The Morgan fingerprint density at radius 3 is 1.11 bits per heavy atom. The van der Waals surface area contributed by atoms with E-state index < -0.39 is 0 Å². The third kappa shape index (κ3) is 6.48. The molecule has 0 unspecified atom stereocenters. The third-order valence-corrected chi connectivity index (χ3v) is 11.1. The minimum absolute atomic E-state index is 0.695. The molecule has 0 bridgehead atoms. The van der Waals surface area contributed by atoms with E-state index in [0.29, 0.717) is 11.6 Å². The van der Waals surface area contributed by atoms with Crippen molar-refractivity contribution in [3.63, 3.8) is 0 Å². The minimum Gasteiger partial charge on any atom is -0.228 e. The average Bonchev–Trinajstić information content (AvgIpc) is 3.65. The summed E-state index contributed by atoms with van der Waals surface area (Å²) in [7, 11) is 0. The monoisotopic (exact) mass is 720 g/mol. The SMILES string of the molecule is c1ccc(-c2ccc(-c3cc(-c4ccccc4)nc(-c4ccc5sc6cc(-c7nc(-c8ccccc8)cc(-c8ccccc8)n7)ccc6c5c4)n3)cc2)cc1. The van der Waals surface area contributed by atoms with Gasteiger partial charge < -0.3 is 0 Å². The summed E-state index contributed by atoms with van der Waals surface area (Å²) in [5, 5.41) is 2.36. The molecule has 3 aromatic heterocycles. The number of hydrogen-bond donors (Lipinski definition) is 0. The smallest absolute Gasteiger partial charge is 0.160 e. The molecule has 258 valence electrons. The van der Waals surface area contributed by atoms with Gasteiger partial charge in [-0.1, -0.05) is 158 Å². The molecule has 0 saturated heterocycles. The van der Waals surface area contributed by atoms with Crippen molar-refractivity contribution in [2.45, 2.75) is 0 Å². The predicted octanol–water partition coefficient (Wildman–Crippen LogP) is 13.3. The first-order chi connectivity index (χ1) is 27.2. The summed E-state index contributed by atoms with van der Waals surface area (Å²) in [6.45, 7) is 0. The lowest BCUT2D eigenvalue weighted by molar-refractivity contribution is 1.18. The highest BCUT2D eigenvalue weighted by atomic mass is 32.1.